The Labute approximate surface area is 94.5 Å². The number of carbonyl (C=O) groups is 1. The molecule has 2 rings (SSSR count). The van der Waals surface area contributed by atoms with Crippen LogP contribution in [-0.4, -0.2) is 52.9 Å². The van der Waals surface area contributed by atoms with E-state index in [-0.39, 0.29) is 24.7 Å². The lowest BCUT2D eigenvalue weighted by molar-refractivity contribution is -0.109. The van der Waals surface area contributed by atoms with Gasteiger partial charge in [-0.1, -0.05) is 12.2 Å². The highest BCUT2D eigenvalue weighted by atomic mass is 16.7. The van der Waals surface area contributed by atoms with Crippen molar-refractivity contribution in [3.63, 3.8) is 0 Å². The maximum Gasteiger partial charge on any atom is 0.345 e. The number of fused-ring (bicyclic) bond motifs is 2. The lowest BCUT2D eigenvalue weighted by Crippen LogP contribution is -2.40. The Morgan fingerprint density at radius 2 is 2.50 bits per heavy atom. The molecule has 0 radical (unpaired) electrons. The van der Waals surface area contributed by atoms with Gasteiger partial charge in [-0.25, -0.2) is 4.79 Å². The maximum absolute atomic E-state index is 12.0. The van der Waals surface area contributed by atoms with Gasteiger partial charge in [-0.15, -0.1) is 6.58 Å². The van der Waals surface area contributed by atoms with E-state index in [1.54, 1.807) is 11.0 Å². The molecule has 1 fully saturated rings. The number of aliphatic hydroxyl groups is 1. The molecule has 2 heterocycles. The van der Waals surface area contributed by atoms with E-state index in [1.807, 2.05) is 13.0 Å². The third-order valence-corrected chi connectivity index (χ3v) is 2.99. The lowest BCUT2D eigenvalue weighted by atomic mass is 10.0. The van der Waals surface area contributed by atoms with Crippen molar-refractivity contribution in [3.05, 3.63) is 24.3 Å². The van der Waals surface area contributed by atoms with E-state index in [9.17, 15) is 9.90 Å². The molecule has 5 heteroatoms. The van der Waals surface area contributed by atoms with Crippen LogP contribution in [0.5, 0.6) is 0 Å². The highest BCUT2D eigenvalue weighted by molar-refractivity contribution is 5.78. The summed E-state index contributed by atoms with van der Waals surface area (Å²) in [5, 5.41) is 10.6. The first-order chi connectivity index (χ1) is 7.69. The van der Waals surface area contributed by atoms with E-state index >= 15 is 0 Å². The van der Waals surface area contributed by atoms with Gasteiger partial charge in [0.2, 0.25) is 0 Å². The van der Waals surface area contributed by atoms with E-state index in [0.29, 0.717) is 13.2 Å². The first kappa shape index (κ1) is 11.2. The number of hydrogen-bond donors (Lipinski definition) is 1. The van der Waals surface area contributed by atoms with Gasteiger partial charge in [-0.2, -0.15) is 5.06 Å². The summed E-state index contributed by atoms with van der Waals surface area (Å²) in [5.41, 5.74) is 1.06. The van der Waals surface area contributed by atoms with Crippen molar-refractivity contribution in [2.45, 2.75) is 19.0 Å². The predicted molar refractivity (Wildman–Crippen MR) is 58.5 cm³/mol. The second kappa shape index (κ2) is 4.27. The minimum atomic E-state index is -0.221. The second-order valence-electron chi connectivity index (χ2n) is 4.02. The predicted octanol–water partition coefficient (Wildman–Crippen LogP) is 0.531. The molecule has 0 spiro atoms. The van der Waals surface area contributed by atoms with Crippen LogP contribution < -0.4 is 0 Å². The molecule has 2 amide bonds. The number of amides is 2. The van der Waals surface area contributed by atoms with Crippen LogP contribution in [-0.2, 0) is 4.84 Å². The Bertz CT molecular complexity index is 340. The van der Waals surface area contributed by atoms with Crippen LogP contribution in [0.4, 0.5) is 4.79 Å². The van der Waals surface area contributed by atoms with Crippen molar-refractivity contribution in [2.75, 3.05) is 19.8 Å². The van der Waals surface area contributed by atoms with Gasteiger partial charge in [0.25, 0.3) is 0 Å². The van der Waals surface area contributed by atoms with E-state index in [2.05, 4.69) is 6.58 Å². The molecule has 5 nitrogen and oxygen atoms in total. The third kappa shape index (κ3) is 1.62. The van der Waals surface area contributed by atoms with Gasteiger partial charge in [-0.3, -0.25) is 4.84 Å². The second-order valence-corrected chi connectivity index (χ2v) is 4.02. The Morgan fingerprint density at radius 3 is 3.12 bits per heavy atom. The molecule has 16 heavy (non-hydrogen) atoms. The highest BCUT2D eigenvalue weighted by Gasteiger charge is 2.44. The summed E-state index contributed by atoms with van der Waals surface area (Å²) in [6.07, 6.45) is 3.52. The molecule has 0 saturated carbocycles. The summed E-state index contributed by atoms with van der Waals surface area (Å²) in [7, 11) is 0. The zero-order valence-corrected chi connectivity index (χ0v) is 9.30. The fourth-order valence-electron chi connectivity index (χ4n) is 2.14. The van der Waals surface area contributed by atoms with Gasteiger partial charge in [0.05, 0.1) is 31.8 Å². The molecule has 0 aliphatic carbocycles. The molecule has 1 N–H and O–H groups in total. The molecule has 2 atom stereocenters. The summed E-state index contributed by atoms with van der Waals surface area (Å²) >= 11 is 0. The number of hydroxylamine groups is 2. The smallest absolute Gasteiger partial charge is 0.345 e. The Morgan fingerprint density at radius 1 is 1.75 bits per heavy atom. The first-order valence-corrected chi connectivity index (χ1v) is 5.32. The van der Waals surface area contributed by atoms with Crippen LogP contribution in [0.3, 0.4) is 0 Å². The van der Waals surface area contributed by atoms with Gasteiger partial charge in [0.1, 0.15) is 0 Å². The van der Waals surface area contributed by atoms with Crippen LogP contribution in [0.15, 0.2) is 24.3 Å². The largest absolute Gasteiger partial charge is 0.394 e. The average Bonchev–Trinajstić information content (AvgIpc) is 2.57. The van der Waals surface area contributed by atoms with Crippen LogP contribution in [0, 0.1) is 0 Å². The zero-order chi connectivity index (χ0) is 11.7. The number of aliphatic hydroxyl groups excluding tert-OH is 1. The van der Waals surface area contributed by atoms with Gasteiger partial charge in [-0.05, 0) is 12.5 Å². The lowest BCUT2D eigenvalue weighted by Gasteiger charge is -2.26. The molecule has 0 aromatic heterocycles. The molecule has 1 saturated heterocycles. The minimum absolute atomic E-state index is 0.0322. The van der Waals surface area contributed by atoms with E-state index in [4.69, 9.17) is 4.84 Å². The van der Waals surface area contributed by atoms with Crippen molar-refractivity contribution < 1.29 is 14.7 Å². The van der Waals surface area contributed by atoms with E-state index < -0.39 is 0 Å². The van der Waals surface area contributed by atoms with Crippen molar-refractivity contribution >= 4 is 6.03 Å². The topological polar surface area (TPSA) is 53.0 Å². The third-order valence-electron chi connectivity index (χ3n) is 2.99. The molecule has 2 aliphatic heterocycles. The fraction of sp³-hybridized carbons (Fsp3) is 0.545. The quantitative estimate of drug-likeness (QED) is 0.709. The van der Waals surface area contributed by atoms with Gasteiger partial charge < -0.3 is 10.0 Å². The van der Waals surface area contributed by atoms with Crippen molar-refractivity contribution in [1.82, 2.24) is 9.96 Å². The Hall–Kier alpha value is -1.33. The van der Waals surface area contributed by atoms with Crippen LogP contribution in [0.1, 0.15) is 6.92 Å². The zero-order valence-electron chi connectivity index (χ0n) is 9.30. The molecule has 2 aliphatic rings. The summed E-state index contributed by atoms with van der Waals surface area (Å²) in [6, 6.07) is -0.435. The van der Waals surface area contributed by atoms with Crippen LogP contribution in [0.25, 0.3) is 0 Å². The standard InChI is InChI=1S/C11H16N2O3/c1-3-4-16-13-10-6-12(11(13)15)9(7-14)5-8(10)2/h3,5,9-10,14H,1,4,6-7H2,2H3. The Balaban J connectivity index is 2.18. The number of carbonyl (C=O) groups excluding carboxylic acids is 1. The van der Waals surface area contributed by atoms with Gasteiger partial charge >= 0.3 is 6.03 Å². The van der Waals surface area contributed by atoms with Crippen molar-refractivity contribution in [3.8, 4) is 0 Å². The van der Waals surface area contributed by atoms with Crippen LogP contribution in [0.2, 0.25) is 0 Å². The molecule has 2 unspecified atom stereocenters. The number of urea groups is 1. The molecular weight excluding hydrogens is 208 g/mol. The normalized spacial score (nSPS) is 28.4. The molecule has 2 bridgehead atoms. The molecule has 0 aromatic carbocycles. The SMILES string of the molecule is C=CCON1C(=O)N2CC1C(C)=CC2CO. The fourth-order valence-corrected chi connectivity index (χ4v) is 2.14. The number of nitrogens with zero attached hydrogens (tertiary/aromatic N) is 2. The van der Waals surface area contributed by atoms with Crippen molar-refractivity contribution in [1.29, 1.82) is 0 Å². The summed E-state index contributed by atoms with van der Waals surface area (Å²) in [4.78, 5) is 18.9. The van der Waals surface area contributed by atoms with Gasteiger partial charge in [0, 0.05) is 0 Å². The van der Waals surface area contributed by atoms with E-state index in [1.165, 1.54) is 5.06 Å². The monoisotopic (exact) mass is 224 g/mol. The van der Waals surface area contributed by atoms with Gasteiger partial charge in [0.15, 0.2) is 0 Å². The summed E-state index contributed by atoms with van der Waals surface area (Å²) in [6.45, 7) is 6.35. The molecule has 0 aromatic rings. The number of rotatable bonds is 4. The first-order valence-electron chi connectivity index (χ1n) is 5.32. The molecular formula is C11H16N2O3. The number of hydrogen-bond acceptors (Lipinski definition) is 3. The average molecular weight is 224 g/mol. The molecule has 88 valence electrons. The van der Waals surface area contributed by atoms with Crippen LogP contribution >= 0.6 is 0 Å². The summed E-state index contributed by atoms with van der Waals surface area (Å²) in [5.74, 6) is 0. The Kier molecular flexibility index (Phi) is 2.98. The highest BCUT2D eigenvalue weighted by Crippen LogP contribution is 2.29. The van der Waals surface area contributed by atoms with E-state index in [0.717, 1.165) is 5.57 Å². The summed E-state index contributed by atoms with van der Waals surface area (Å²) < 4.78 is 0. The van der Waals surface area contributed by atoms with Crippen molar-refractivity contribution in [2.24, 2.45) is 0 Å². The maximum atomic E-state index is 12.0. The minimum Gasteiger partial charge on any atom is -0.394 e.